The van der Waals surface area contributed by atoms with Gasteiger partial charge in [-0.3, -0.25) is 10.1 Å². The largest absolute Gasteiger partial charge is 0.497 e. The Hall–Kier alpha value is -4.33. The van der Waals surface area contributed by atoms with Crippen molar-refractivity contribution in [2.24, 2.45) is 0 Å². The summed E-state index contributed by atoms with van der Waals surface area (Å²) in [7, 11) is 3.31. The molecule has 8 heteroatoms. The van der Waals surface area contributed by atoms with Gasteiger partial charge in [-0.25, -0.2) is 4.68 Å². The fourth-order valence-electron chi connectivity index (χ4n) is 4.48. The molecule has 2 heterocycles. The van der Waals surface area contributed by atoms with Crippen LogP contribution in [0.15, 0.2) is 78.9 Å². The molecule has 2 N–H and O–H groups in total. The molecule has 1 aliphatic heterocycles. The lowest BCUT2D eigenvalue weighted by molar-refractivity contribution is -0.116. The van der Waals surface area contributed by atoms with Crippen LogP contribution in [0.1, 0.15) is 41.6 Å². The number of hydrogen-bond acceptors (Lipinski definition) is 6. The molecular formula is C28H29N5O3. The van der Waals surface area contributed by atoms with Crippen molar-refractivity contribution in [2.75, 3.05) is 24.9 Å². The lowest BCUT2D eigenvalue weighted by atomic mass is 9.93. The Kier molecular flexibility index (Phi) is 6.84. The van der Waals surface area contributed by atoms with Crippen LogP contribution in [-0.4, -0.2) is 34.9 Å². The van der Waals surface area contributed by atoms with Crippen LogP contribution >= 0.6 is 0 Å². The number of aromatic nitrogens is 3. The zero-order chi connectivity index (χ0) is 24.9. The van der Waals surface area contributed by atoms with Crippen molar-refractivity contribution in [2.45, 2.75) is 31.3 Å². The predicted molar refractivity (Wildman–Crippen MR) is 139 cm³/mol. The highest BCUT2D eigenvalue weighted by Gasteiger charge is 2.31. The van der Waals surface area contributed by atoms with Crippen LogP contribution in [0.2, 0.25) is 0 Å². The van der Waals surface area contributed by atoms with Gasteiger partial charge in [-0.2, -0.15) is 4.98 Å². The minimum absolute atomic E-state index is 0.0151. The molecule has 4 aromatic rings. The molecule has 8 nitrogen and oxygen atoms in total. The third-order valence-electron chi connectivity index (χ3n) is 6.44. The summed E-state index contributed by atoms with van der Waals surface area (Å²) in [6.45, 7) is 0. The number of carbonyl (C=O) groups is 1. The fraction of sp³-hybridized carbons (Fsp3) is 0.250. The Bertz CT molecular complexity index is 1300. The maximum atomic E-state index is 12.6. The Morgan fingerprint density at radius 3 is 2.22 bits per heavy atom. The van der Waals surface area contributed by atoms with E-state index in [1.807, 2.05) is 71.4 Å². The van der Waals surface area contributed by atoms with Crippen LogP contribution < -0.4 is 20.1 Å². The molecule has 2 unspecified atom stereocenters. The normalized spacial score (nSPS) is 16.5. The first-order valence-electron chi connectivity index (χ1n) is 12.0. The standard InChI is InChI=1S/C28H29N5O3/c1-35-22-13-9-20(10-14-22)24-18-25(21-11-15-23(36-2)16-12-21)33-28(29-24)31-27(32-33)30-26(34)17-8-19-6-4-3-5-7-19/h3-7,9-16,24-25H,8,17-18H2,1-2H3,(H2,29,30,31,32,34). The molecule has 5 rings (SSSR count). The third kappa shape index (κ3) is 5.17. The molecule has 0 saturated heterocycles. The molecule has 2 atom stereocenters. The molecular weight excluding hydrogens is 454 g/mol. The number of aryl methyl sites for hydroxylation is 1. The van der Waals surface area contributed by atoms with E-state index in [0.29, 0.717) is 24.7 Å². The van der Waals surface area contributed by atoms with Gasteiger partial charge in [0.25, 0.3) is 5.95 Å². The van der Waals surface area contributed by atoms with E-state index < -0.39 is 0 Å². The van der Waals surface area contributed by atoms with E-state index in [0.717, 1.165) is 34.6 Å². The highest BCUT2D eigenvalue weighted by atomic mass is 16.5. The van der Waals surface area contributed by atoms with Gasteiger partial charge < -0.3 is 14.8 Å². The van der Waals surface area contributed by atoms with Gasteiger partial charge in [-0.05, 0) is 53.8 Å². The Labute approximate surface area is 210 Å². The summed E-state index contributed by atoms with van der Waals surface area (Å²) in [4.78, 5) is 17.2. The van der Waals surface area contributed by atoms with Gasteiger partial charge >= 0.3 is 0 Å². The monoisotopic (exact) mass is 483 g/mol. The van der Waals surface area contributed by atoms with Gasteiger partial charge in [0.05, 0.1) is 26.3 Å². The number of benzene rings is 3. The van der Waals surface area contributed by atoms with E-state index in [2.05, 4.69) is 32.8 Å². The SMILES string of the molecule is COc1ccc(C2CC(c3ccc(OC)cc3)n3nc(NC(=O)CCc4ccccc4)nc3N2)cc1. The average Bonchev–Trinajstić information content (AvgIpc) is 3.34. The number of ether oxygens (including phenoxy) is 2. The second-order valence-corrected chi connectivity index (χ2v) is 8.73. The van der Waals surface area contributed by atoms with Gasteiger partial charge in [0.15, 0.2) is 0 Å². The lowest BCUT2D eigenvalue weighted by Crippen LogP contribution is -2.28. The van der Waals surface area contributed by atoms with Gasteiger partial charge in [0, 0.05) is 6.42 Å². The summed E-state index contributed by atoms with van der Waals surface area (Å²) in [5, 5.41) is 11.0. The van der Waals surface area contributed by atoms with Gasteiger partial charge in [-0.1, -0.05) is 54.6 Å². The van der Waals surface area contributed by atoms with Crippen molar-refractivity contribution in [1.29, 1.82) is 0 Å². The molecule has 0 aliphatic carbocycles. The van der Waals surface area contributed by atoms with Crippen molar-refractivity contribution in [1.82, 2.24) is 14.8 Å². The highest BCUT2D eigenvalue weighted by Crippen LogP contribution is 2.39. The maximum Gasteiger partial charge on any atom is 0.250 e. The molecule has 1 aromatic heterocycles. The summed E-state index contributed by atoms with van der Waals surface area (Å²) in [6.07, 6.45) is 1.78. The van der Waals surface area contributed by atoms with Crippen LogP contribution in [0.3, 0.4) is 0 Å². The number of methoxy groups -OCH3 is 2. The molecule has 0 fully saturated rings. The second-order valence-electron chi connectivity index (χ2n) is 8.73. The molecule has 3 aromatic carbocycles. The lowest BCUT2D eigenvalue weighted by Gasteiger charge is -2.31. The number of hydrogen-bond donors (Lipinski definition) is 2. The van der Waals surface area contributed by atoms with Crippen LogP contribution in [0, 0.1) is 0 Å². The van der Waals surface area contributed by atoms with E-state index in [1.165, 1.54) is 0 Å². The zero-order valence-electron chi connectivity index (χ0n) is 20.3. The summed E-state index contributed by atoms with van der Waals surface area (Å²) < 4.78 is 12.5. The topological polar surface area (TPSA) is 90.3 Å². The average molecular weight is 484 g/mol. The molecule has 0 bridgehead atoms. The van der Waals surface area contributed by atoms with E-state index in [9.17, 15) is 4.79 Å². The van der Waals surface area contributed by atoms with Crippen LogP contribution in [0.25, 0.3) is 0 Å². The summed E-state index contributed by atoms with van der Waals surface area (Å²) >= 11 is 0. The van der Waals surface area contributed by atoms with Crippen LogP contribution in [0.5, 0.6) is 11.5 Å². The molecule has 36 heavy (non-hydrogen) atoms. The van der Waals surface area contributed by atoms with Crippen molar-refractivity contribution in [3.8, 4) is 11.5 Å². The fourth-order valence-corrected chi connectivity index (χ4v) is 4.48. The quantitative estimate of drug-likeness (QED) is 0.366. The minimum atomic E-state index is -0.116. The van der Waals surface area contributed by atoms with Gasteiger partial charge in [0.1, 0.15) is 11.5 Å². The molecule has 0 spiro atoms. The maximum absolute atomic E-state index is 12.6. The molecule has 0 saturated carbocycles. The van der Waals surface area contributed by atoms with Crippen molar-refractivity contribution < 1.29 is 14.3 Å². The predicted octanol–water partition coefficient (Wildman–Crippen LogP) is 5.01. The van der Waals surface area contributed by atoms with Crippen LogP contribution in [-0.2, 0) is 11.2 Å². The van der Waals surface area contributed by atoms with Crippen molar-refractivity contribution in [3.63, 3.8) is 0 Å². The number of amides is 1. The number of anilines is 2. The molecule has 0 radical (unpaired) electrons. The number of rotatable bonds is 8. The molecule has 1 amide bonds. The summed E-state index contributed by atoms with van der Waals surface area (Å²) in [6, 6.07) is 25.9. The first kappa shape index (κ1) is 23.4. The Balaban J connectivity index is 1.38. The van der Waals surface area contributed by atoms with E-state index >= 15 is 0 Å². The zero-order valence-corrected chi connectivity index (χ0v) is 20.3. The van der Waals surface area contributed by atoms with Crippen molar-refractivity contribution in [3.05, 3.63) is 95.6 Å². The van der Waals surface area contributed by atoms with Crippen LogP contribution in [0.4, 0.5) is 11.9 Å². The molecule has 1 aliphatic rings. The molecule has 184 valence electrons. The number of nitrogens with one attached hydrogen (secondary N) is 2. The minimum Gasteiger partial charge on any atom is -0.497 e. The summed E-state index contributed by atoms with van der Waals surface area (Å²) in [5.74, 6) is 2.40. The Morgan fingerprint density at radius 1 is 0.944 bits per heavy atom. The van der Waals surface area contributed by atoms with E-state index in [-0.39, 0.29) is 18.0 Å². The summed E-state index contributed by atoms with van der Waals surface area (Å²) in [5.41, 5.74) is 3.33. The second kappa shape index (κ2) is 10.5. The van der Waals surface area contributed by atoms with Gasteiger partial charge in [0.2, 0.25) is 11.9 Å². The van der Waals surface area contributed by atoms with E-state index in [1.54, 1.807) is 14.2 Å². The highest BCUT2D eigenvalue weighted by molar-refractivity contribution is 5.89. The number of fused-ring (bicyclic) bond motifs is 1. The first-order chi connectivity index (χ1) is 17.6. The number of nitrogens with zero attached hydrogens (tertiary/aromatic N) is 3. The van der Waals surface area contributed by atoms with E-state index in [4.69, 9.17) is 9.47 Å². The number of carbonyl (C=O) groups excluding carboxylic acids is 1. The third-order valence-corrected chi connectivity index (χ3v) is 6.44. The Morgan fingerprint density at radius 2 is 1.58 bits per heavy atom. The first-order valence-corrected chi connectivity index (χ1v) is 12.0. The smallest absolute Gasteiger partial charge is 0.250 e. The van der Waals surface area contributed by atoms with Gasteiger partial charge in [-0.15, -0.1) is 5.10 Å². The van der Waals surface area contributed by atoms with Crippen molar-refractivity contribution >= 4 is 17.8 Å².